The second-order valence-corrected chi connectivity index (χ2v) is 12.9. The van der Waals surface area contributed by atoms with Crippen LogP contribution in [0.2, 0.25) is 10.0 Å². The van der Waals surface area contributed by atoms with Crippen LogP contribution in [0.25, 0.3) is 11.0 Å². The van der Waals surface area contributed by atoms with Crippen LogP contribution in [-0.2, 0) is 28.1 Å². The van der Waals surface area contributed by atoms with E-state index in [1.165, 1.54) is 19.2 Å². The highest BCUT2D eigenvalue weighted by Gasteiger charge is 2.19. The Hall–Kier alpha value is -4.39. The molecule has 0 unspecified atom stereocenters. The topological polar surface area (TPSA) is 131 Å². The van der Waals surface area contributed by atoms with E-state index in [0.29, 0.717) is 38.8 Å². The highest BCUT2D eigenvalue weighted by Crippen LogP contribution is 2.33. The molecule has 2 aromatic heterocycles. The lowest BCUT2D eigenvalue weighted by Crippen LogP contribution is -2.17. The third-order valence-electron chi connectivity index (χ3n) is 6.99. The van der Waals surface area contributed by atoms with Crippen molar-refractivity contribution in [1.82, 2.24) is 19.5 Å². The van der Waals surface area contributed by atoms with E-state index in [0.717, 1.165) is 16.8 Å². The molecular weight excluding hydrogens is 625 g/mol. The minimum absolute atomic E-state index is 0.0305. The van der Waals surface area contributed by atoms with Gasteiger partial charge in [-0.05, 0) is 54.1 Å². The molecule has 0 atom stereocenters. The summed E-state index contributed by atoms with van der Waals surface area (Å²) in [6.45, 7) is 1.59. The molecule has 14 heteroatoms. The predicted octanol–water partition coefficient (Wildman–Crippen LogP) is 6.17. The number of hydrogen-bond donors (Lipinski definition) is 2. The van der Waals surface area contributed by atoms with Gasteiger partial charge in [-0.2, -0.15) is 4.98 Å². The second kappa shape index (κ2) is 12.7. The first-order valence-corrected chi connectivity index (χ1v) is 15.9. The zero-order chi connectivity index (χ0) is 31.6. The fourth-order valence-corrected chi connectivity index (χ4v) is 5.80. The van der Waals surface area contributed by atoms with Gasteiger partial charge in [-0.1, -0.05) is 42.3 Å². The smallest absolute Gasteiger partial charge is 0.231 e. The summed E-state index contributed by atoms with van der Waals surface area (Å²) >= 11 is 12.1. The molecule has 2 N–H and O–H groups in total. The maximum Gasteiger partial charge on any atom is 0.231 e. The lowest BCUT2D eigenvalue weighted by molar-refractivity contribution is -0.115. The first kappa shape index (κ1) is 31.0. The number of methoxy groups -OCH3 is 1. The van der Waals surface area contributed by atoms with Crippen molar-refractivity contribution >= 4 is 79.1 Å². The third kappa shape index (κ3) is 6.42. The molecule has 2 heterocycles. The molecule has 0 fully saturated rings. The number of aromatic nitrogens is 4. The summed E-state index contributed by atoms with van der Waals surface area (Å²) in [6.07, 6.45) is 1.69. The van der Waals surface area contributed by atoms with Gasteiger partial charge in [0.15, 0.2) is 9.84 Å². The summed E-state index contributed by atoms with van der Waals surface area (Å²) in [7, 11) is 1.72. The normalized spacial score (nSPS) is 11.4. The Morgan fingerprint density at radius 2 is 1.84 bits per heavy atom. The summed E-state index contributed by atoms with van der Waals surface area (Å²) < 4.78 is 32.1. The van der Waals surface area contributed by atoms with Gasteiger partial charge in [0.1, 0.15) is 17.1 Å². The van der Waals surface area contributed by atoms with E-state index in [9.17, 15) is 13.2 Å². The lowest BCUT2D eigenvalue weighted by atomic mass is 10.1. The molecule has 0 aliphatic carbocycles. The van der Waals surface area contributed by atoms with Crippen molar-refractivity contribution in [1.29, 1.82) is 0 Å². The number of aryl methyl sites for hydroxylation is 1. The summed E-state index contributed by atoms with van der Waals surface area (Å²) in [5.74, 6) is 1.31. The zero-order valence-corrected chi connectivity index (χ0v) is 26.6. The predicted molar refractivity (Wildman–Crippen MR) is 174 cm³/mol. The number of ether oxygens (including phenoxy) is 1. The maximum absolute atomic E-state index is 12.9. The van der Waals surface area contributed by atoms with Crippen molar-refractivity contribution in [2.24, 2.45) is 7.05 Å². The van der Waals surface area contributed by atoms with Crippen LogP contribution in [0.4, 0.5) is 29.1 Å². The van der Waals surface area contributed by atoms with Gasteiger partial charge in [-0.15, -0.1) is 0 Å². The number of halogens is 2. The molecule has 228 valence electrons. The number of benzene rings is 3. The van der Waals surface area contributed by atoms with Crippen molar-refractivity contribution in [2.45, 2.75) is 18.2 Å². The van der Waals surface area contributed by atoms with Gasteiger partial charge in [-0.25, -0.2) is 18.4 Å². The molecule has 5 aromatic rings. The molecule has 44 heavy (non-hydrogen) atoms. The molecule has 1 amide bonds. The first-order valence-electron chi connectivity index (χ1n) is 13.4. The standard InChI is InChI=1S/C30H29Cl2N7O4S/c1-5-44(41,42)19-10-12-25(43-4)22(17-19)34-29-33-14-13-26(35-29)38(2)23-7-6-8-24-28(23)37-30(39(24)3)36-27(40)16-18-9-11-20(31)21(32)15-18/h6-15,17H,5,16H2,1-4H3,(H,33,34,35)(H,36,37,40). The molecule has 0 saturated carbocycles. The Bertz CT molecular complexity index is 1980. The van der Waals surface area contributed by atoms with Crippen LogP contribution in [-0.4, -0.2) is 53.8 Å². The number of carbonyl (C=O) groups excluding carboxylic acids is 1. The molecule has 5 rings (SSSR count). The highest BCUT2D eigenvalue weighted by atomic mass is 35.5. The van der Waals surface area contributed by atoms with Crippen LogP contribution < -0.4 is 20.3 Å². The summed E-state index contributed by atoms with van der Waals surface area (Å²) in [6, 6.07) is 17.1. The molecular formula is C30H29Cl2N7O4S. The Balaban J connectivity index is 1.41. The number of anilines is 5. The van der Waals surface area contributed by atoms with Gasteiger partial charge < -0.3 is 19.5 Å². The summed E-state index contributed by atoms with van der Waals surface area (Å²) in [5.41, 5.74) is 3.32. The van der Waals surface area contributed by atoms with Gasteiger partial charge in [0.05, 0.1) is 51.1 Å². The summed E-state index contributed by atoms with van der Waals surface area (Å²) in [4.78, 5) is 28.6. The number of nitrogens with zero attached hydrogens (tertiary/aromatic N) is 5. The SMILES string of the molecule is CCS(=O)(=O)c1ccc(OC)c(Nc2nccc(N(C)c3cccc4c3nc(NC(=O)Cc3ccc(Cl)c(Cl)c3)n4C)n2)c1. The van der Waals surface area contributed by atoms with Crippen LogP contribution in [0.15, 0.2) is 71.8 Å². The fraction of sp³-hybridized carbons (Fsp3) is 0.200. The number of fused-ring (bicyclic) bond motifs is 1. The third-order valence-corrected chi connectivity index (χ3v) is 9.46. The lowest BCUT2D eigenvalue weighted by Gasteiger charge is -2.19. The number of carbonyl (C=O) groups is 1. The molecule has 0 spiro atoms. The zero-order valence-electron chi connectivity index (χ0n) is 24.3. The number of para-hydroxylation sites is 1. The van der Waals surface area contributed by atoms with Crippen molar-refractivity contribution in [2.75, 3.05) is 35.4 Å². The van der Waals surface area contributed by atoms with E-state index in [1.54, 1.807) is 48.0 Å². The van der Waals surface area contributed by atoms with E-state index in [-0.39, 0.29) is 28.9 Å². The van der Waals surface area contributed by atoms with E-state index in [2.05, 4.69) is 20.6 Å². The minimum Gasteiger partial charge on any atom is -0.495 e. The largest absolute Gasteiger partial charge is 0.495 e. The minimum atomic E-state index is -3.43. The van der Waals surface area contributed by atoms with Crippen LogP contribution >= 0.6 is 23.2 Å². The van der Waals surface area contributed by atoms with Crippen molar-refractivity contribution in [3.05, 3.63) is 82.5 Å². The molecule has 0 aliphatic heterocycles. The molecule has 0 bridgehead atoms. The van der Waals surface area contributed by atoms with Crippen LogP contribution in [0, 0.1) is 0 Å². The Kier molecular flexibility index (Phi) is 8.95. The average Bonchev–Trinajstić information content (AvgIpc) is 3.33. The van der Waals surface area contributed by atoms with Crippen molar-refractivity contribution in [3.8, 4) is 5.75 Å². The Labute approximate surface area is 264 Å². The van der Waals surface area contributed by atoms with Gasteiger partial charge in [0.2, 0.25) is 17.8 Å². The Morgan fingerprint density at radius 3 is 2.57 bits per heavy atom. The second-order valence-electron chi connectivity index (χ2n) is 9.80. The number of nitrogens with one attached hydrogen (secondary N) is 2. The van der Waals surface area contributed by atoms with E-state index >= 15 is 0 Å². The number of amides is 1. The molecule has 3 aromatic carbocycles. The Morgan fingerprint density at radius 1 is 1.05 bits per heavy atom. The molecule has 0 aliphatic rings. The van der Waals surface area contributed by atoms with E-state index in [1.807, 2.05) is 37.2 Å². The first-order chi connectivity index (χ1) is 21.0. The molecule has 0 saturated heterocycles. The van der Waals surface area contributed by atoms with E-state index in [4.69, 9.17) is 32.9 Å². The van der Waals surface area contributed by atoms with Crippen molar-refractivity contribution in [3.63, 3.8) is 0 Å². The highest BCUT2D eigenvalue weighted by molar-refractivity contribution is 7.91. The van der Waals surface area contributed by atoms with Crippen molar-refractivity contribution < 1.29 is 17.9 Å². The number of sulfone groups is 1. The van der Waals surface area contributed by atoms with Gasteiger partial charge in [0.25, 0.3) is 0 Å². The van der Waals surface area contributed by atoms with Crippen LogP contribution in [0.3, 0.4) is 0 Å². The average molecular weight is 655 g/mol. The number of rotatable bonds is 10. The monoisotopic (exact) mass is 653 g/mol. The van der Waals surface area contributed by atoms with Crippen LogP contribution in [0.5, 0.6) is 5.75 Å². The quantitative estimate of drug-likeness (QED) is 0.182. The summed E-state index contributed by atoms with van der Waals surface area (Å²) in [5, 5.41) is 6.77. The number of hydrogen-bond acceptors (Lipinski definition) is 9. The molecule has 0 radical (unpaired) electrons. The van der Waals surface area contributed by atoms with E-state index < -0.39 is 9.84 Å². The number of imidazole rings is 1. The van der Waals surface area contributed by atoms with Gasteiger partial charge in [-0.3, -0.25) is 10.1 Å². The van der Waals surface area contributed by atoms with Gasteiger partial charge in [0, 0.05) is 20.3 Å². The fourth-order valence-electron chi connectivity index (χ4n) is 4.57. The van der Waals surface area contributed by atoms with Gasteiger partial charge >= 0.3 is 0 Å². The maximum atomic E-state index is 12.9. The molecule has 11 nitrogen and oxygen atoms in total. The van der Waals surface area contributed by atoms with Crippen LogP contribution in [0.1, 0.15) is 12.5 Å².